The zero-order valence-electron chi connectivity index (χ0n) is 9.61. The molecule has 1 heterocycles. The Bertz CT molecular complexity index is 582. The van der Waals surface area contributed by atoms with Gasteiger partial charge in [0, 0.05) is 10.7 Å². The van der Waals surface area contributed by atoms with Crippen LogP contribution in [0.5, 0.6) is 0 Å². The highest BCUT2D eigenvalue weighted by atomic mass is 35.5. The quantitative estimate of drug-likeness (QED) is 0.879. The summed E-state index contributed by atoms with van der Waals surface area (Å²) in [7, 11) is 0. The number of hydrogen-bond acceptors (Lipinski definition) is 5. The largest absolute Gasteiger partial charge is 0.375 e. The molecule has 2 aromatic rings. The summed E-state index contributed by atoms with van der Waals surface area (Å²) in [6.45, 7) is 2.02. The Morgan fingerprint density at radius 1 is 1.56 bits per heavy atom. The molecule has 0 unspecified atom stereocenters. The number of aryl methyl sites for hydroxylation is 1. The molecule has 2 rings (SSSR count). The Labute approximate surface area is 108 Å². The van der Waals surface area contributed by atoms with Crippen LogP contribution in [-0.4, -0.2) is 16.0 Å². The molecule has 0 saturated carbocycles. The third-order valence-corrected chi connectivity index (χ3v) is 2.48. The molecular formula is C11H11ClN4O2. The van der Waals surface area contributed by atoms with Crippen molar-refractivity contribution in [3.8, 4) is 0 Å². The van der Waals surface area contributed by atoms with E-state index in [1.54, 1.807) is 25.1 Å². The number of nitrogens with two attached hydrogens (primary N) is 1. The predicted molar refractivity (Wildman–Crippen MR) is 66.3 cm³/mol. The van der Waals surface area contributed by atoms with Crippen LogP contribution >= 0.6 is 11.6 Å². The van der Waals surface area contributed by atoms with Crippen molar-refractivity contribution in [2.75, 3.05) is 5.32 Å². The molecule has 1 aromatic carbocycles. The molecule has 1 amide bonds. The van der Waals surface area contributed by atoms with E-state index >= 15 is 0 Å². The van der Waals surface area contributed by atoms with E-state index in [-0.39, 0.29) is 0 Å². The van der Waals surface area contributed by atoms with Crippen molar-refractivity contribution < 1.29 is 9.32 Å². The molecule has 3 N–H and O–H groups in total. The second-order valence-corrected chi connectivity index (χ2v) is 4.08. The van der Waals surface area contributed by atoms with Crippen LogP contribution in [0.25, 0.3) is 0 Å². The number of nitrogens with zero attached hydrogens (tertiary/aromatic N) is 2. The van der Waals surface area contributed by atoms with Gasteiger partial charge in [-0.25, -0.2) is 0 Å². The highest BCUT2D eigenvalue weighted by Gasteiger charge is 2.10. The van der Waals surface area contributed by atoms with Gasteiger partial charge in [0.1, 0.15) is 0 Å². The number of primary amides is 1. The first-order chi connectivity index (χ1) is 8.56. The first-order valence-corrected chi connectivity index (χ1v) is 5.56. The van der Waals surface area contributed by atoms with E-state index in [2.05, 4.69) is 15.5 Å². The number of carbonyl (C=O) groups is 1. The zero-order valence-corrected chi connectivity index (χ0v) is 10.4. The molecule has 0 fully saturated rings. The molecule has 0 aliphatic rings. The van der Waals surface area contributed by atoms with Crippen molar-refractivity contribution in [2.24, 2.45) is 5.73 Å². The molecule has 0 radical (unpaired) electrons. The molecule has 6 nitrogen and oxygen atoms in total. The molecule has 0 aliphatic heterocycles. The second kappa shape index (κ2) is 5.05. The Balaban J connectivity index is 2.17. The molecule has 0 spiro atoms. The number of hydrogen-bond donors (Lipinski definition) is 2. The van der Waals surface area contributed by atoms with Gasteiger partial charge in [0.15, 0.2) is 5.82 Å². The summed E-state index contributed by atoms with van der Waals surface area (Å²) < 4.78 is 4.94. The first kappa shape index (κ1) is 12.4. The number of benzene rings is 1. The minimum absolute atomic E-state index is 0.293. The Morgan fingerprint density at radius 2 is 2.33 bits per heavy atom. The predicted octanol–water partition coefficient (Wildman–Crippen LogP) is 1.74. The van der Waals surface area contributed by atoms with Gasteiger partial charge in [-0.2, -0.15) is 4.98 Å². The number of carbonyl (C=O) groups excluding carboxylic acids is 1. The summed E-state index contributed by atoms with van der Waals surface area (Å²) in [6.07, 6.45) is 0. The van der Waals surface area contributed by atoms with Crippen LogP contribution in [0.3, 0.4) is 0 Å². The standard InChI is InChI=1S/C11H11ClN4O2/c1-6-15-10(18-16-6)5-14-9-4-7(12)2-3-8(9)11(13)17/h2-4,14H,5H2,1H3,(H2,13,17). The Morgan fingerprint density at radius 3 is 2.94 bits per heavy atom. The highest BCUT2D eigenvalue weighted by molar-refractivity contribution is 6.31. The lowest BCUT2D eigenvalue weighted by atomic mass is 10.1. The summed E-state index contributed by atoms with van der Waals surface area (Å²) in [5.74, 6) is 0.437. The van der Waals surface area contributed by atoms with Gasteiger partial charge in [-0.05, 0) is 25.1 Å². The lowest BCUT2D eigenvalue weighted by Gasteiger charge is -2.08. The summed E-state index contributed by atoms with van der Waals surface area (Å²) >= 11 is 5.86. The van der Waals surface area contributed by atoms with E-state index in [0.29, 0.717) is 34.5 Å². The number of nitrogens with one attached hydrogen (secondary N) is 1. The maximum Gasteiger partial charge on any atom is 0.250 e. The highest BCUT2D eigenvalue weighted by Crippen LogP contribution is 2.21. The maximum atomic E-state index is 11.2. The molecule has 94 valence electrons. The number of halogens is 1. The van der Waals surface area contributed by atoms with Crippen LogP contribution in [0.15, 0.2) is 22.7 Å². The third kappa shape index (κ3) is 2.78. The lowest BCUT2D eigenvalue weighted by Crippen LogP contribution is -2.14. The minimum Gasteiger partial charge on any atom is -0.375 e. The SMILES string of the molecule is Cc1noc(CNc2cc(Cl)ccc2C(N)=O)n1. The zero-order chi connectivity index (χ0) is 13.1. The normalized spacial score (nSPS) is 10.3. The van der Waals surface area contributed by atoms with E-state index in [1.807, 2.05) is 0 Å². The van der Waals surface area contributed by atoms with Gasteiger partial charge in [0.05, 0.1) is 12.1 Å². The summed E-state index contributed by atoms with van der Waals surface area (Å²) in [6, 6.07) is 4.78. The molecular weight excluding hydrogens is 256 g/mol. The molecule has 0 bridgehead atoms. The minimum atomic E-state index is -0.532. The molecule has 1 aromatic heterocycles. The average Bonchev–Trinajstić information content (AvgIpc) is 2.72. The van der Waals surface area contributed by atoms with Crippen LogP contribution in [0.2, 0.25) is 5.02 Å². The van der Waals surface area contributed by atoms with Gasteiger partial charge in [0.2, 0.25) is 5.89 Å². The van der Waals surface area contributed by atoms with E-state index < -0.39 is 5.91 Å². The number of amides is 1. The number of anilines is 1. The van der Waals surface area contributed by atoms with E-state index in [4.69, 9.17) is 21.9 Å². The Hall–Kier alpha value is -2.08. The molecule has 0 saturated heterocycles. The van der Waals surface area contributed by atoms with E-state index in [9.17, 15) is 4.79 Å². The molecule has 0 atom stereocenters. The van der Waals surface area contributed by atoms with Crippen LogP contribution in [0, 0.1) is 6.92 Å². The van der Waals surface area contributed by atoms with Crippen molar-refractivity contribution in [3.05, 3.63) is 40.5 Å². The maximum absolute atomic E-state index is 11.2. The van der Waals surface area contributed by atoms with Crippen LogP contribution in [-0.2, 0) is 6.54 Å². The van der Waals surface area contributed by atoms with E-state index in [0.717, 1.165) is 0 Å². The second-order valence-electron chi connectivity index (χ2n) is 3.64. The fourth-order valence-corrected chi connectivity index (χ4v) is 1.63. The van der Waals surface area contributed by atoms with Gasteiger partial charge in [-0.3, -0.25) is 4.79 Å². The van der Waals surface area contributed by atoms with Crippen molar-refractivity contribution in [1.29, 1.82) is 0 Å². The smallest absolute Gasteiger partial charge is 0.250 e. The fourth-order valence-electron chi connectivity index (χ4n) is 1.46. The summed E-state index contributed by atoms with van der Waals surface area (Å²) in [5, 5.41) is 7.15. The van der Waals surface area contributed by atoms with Gasteiger partial charge in [-0.1, -0.05) is 16.8 Å². The molecule has 0 aliphatic carbocycles. The molecule has 18 heavy (non-hydrogen) atoms. The van der Waals surface area contributed by atoms with Crippen molar-refractivity contribution in [2.45, 2.75) is 13.5 Å². The van der Waals surface area contributed by atoms with Crippen LogP contribution in [0.1, 0.15) is 22.1 Å². The van der Waals surface area contributed by atoms with Crippen LogP contribution < -0.4 is 11.1 Å². The average molecular weight is 267 g/mol. The van der Waals surface area contributed by atoms with Crippen molar-refractivity contribution in [1.82, 2.24) is 10.1 Å². The monoisotopic (exact) mass is 266 g/mol. The van der Waals surface area contributed by atoms with Gasteiger partial charge < -0.3 is 15.6 Å². The van der Waals surface area contributed by atoms with Crippen molar-refractivity contribution in [3.63, 3.8) is 0 Å². The fraction of sp³-hybridized carbons (Fsp3) is 0.182. The third-order valence-electron chi connectivity index (χ3n) is 2.25. The number of aromatic nitrogens is 2. The lowest BCUT2D eigenvalue weighted by molar-refractivity contribution is 0.100. The Kier molecular flexibility index (Phi) is 3.47. The van der Waals surface area contributed by atoms with E-state index in [1.165, 1.54) is 0 Å². The first-order valence-electron chi connectivity index (χ1n) is 5.18. The topological polar surface area (TPSA) is 94.0 Å². The van der Waals surface area contributed by atoms with Crippen molar-refractivity contribution >= 4 is 23.2 Å². The summed E-state index contributed by atoms with van der Waals surface area (Å²) in [5.41, 5.74) is 6.15. The molecule has 7 heteroatoms. The van der Waals surface area contributed by atoms with Crippen LogP contribution in [0.4, 0.5) is 5.69 Å². The van der Waals surface area contributed by atoms with Gasteiger partial charge in [-0.15, -0.1) is 0 Å². The van der Waals surface area contributed by atoms with Gasteiger partial charge >= 0.3 is 0 Å². The summed E-state index contributed by atoms with van der Waals surface area (Å²) in [4.78, 5) is 15.3. The van der Waals surface area contributed by atoms with Gasteiger partial charge in [0.25, 0.3) is 5.91 Å². The number of rotatable bonds is 4.